The van der Waals surface area contributed by atoms with Crippen molar-refractivity contribution in [1.29, 1.82) is 0 Å². The summed E-state index contributed by atoms with van der Waals surface area (Å²) in [6, 6.07) is 5.17. The van der Waals surface area contributed by atoms with Gasteiger partial charge < -0.3 is 5.32 Å². The van der Waals surface area contributed by atoms with Gasteiger partial charge in [0.1, 0.15) is 0 Å². The Bertz CT molecular complexity index is 387. The van der Waals surface area contributed by atoms with Crippen LogP contribution in [0.1, 0.15) is 30.6 Å². The van der Waals surface area contributed by atoms with E-state index in [0.717, 1.165) is 18.5 Å². The second kappa shape index (κ2) is 7.41. The highest BCUT2D eigenvalue weighted by molar-refractivity contribution is 9.11. The lowest BCUT2D eigenvalue weighted by Gasteiger charge is -2.32. The van der Waals surface area contributed by atoms with Crippen LogP contribution in [-0.4, -0.2) is 30.6 Å². The quantitative estimate of drug-likeness (QED) is 0.851. The van der Waals surface area contributed by atoms with Crippen LogP contribution in [-0.2, 0) is 6.54 Å². The lowest BCUT2D eigenvalue weighted by Crippen LogP contribution is -2.42. The van der Waals surface area contributed by atoms with E-state index in [2.05, 4.69) is 38.3 Å². The second-order valence-corrected chi connectivity index (χ2v) is 8.16. The fourth-order valence-corrected chi connectivity index (χ4v) is 4.13. The predicted molar refractivity (Wildman–Crippen MR) is 88.3 cm³/mol. The van der Waals surface area contributed by atoms with Crippen LogP contribution in [0.15, 0.2) is 15.9 Å². The normalized spacial score (nSPS) is 21.3. The van der Waals surface area contributed by atoms with Crippen molar-refractivity contribution in [2.75, 3.05) is 19.6 Å². The Morgan fingerprint density at radius 1 is 1.21 bits per heavy atom. The Morgan fingerprint density at radius 2 is 1.95 bits per heavy atom. The van der Waals surface area contributed by atoms with Crippen LogP contribution in [0.2, 0.25) is 0 Å². The minimum atomic E-state index is 0. The fraction of sp³-hybridized carbons (Fsp3) is 0.714. The molecule has 0 radical (unpaired) electrons. The maximum atomic E-state index is 3.74. The van der Waals surface area contributed by atoms with Crippen molar-refractivity contribution in [3.8, 4) is 0 Å². The van der Waals surface area contributed by atoms with E-state index in [4.69, 9.17) is 0 Å². The van der Waals surface area contributed by atoms with E-state index >= 15 is 0 Å². The van der Waals surface area contributed by atoms with Crippen molar-refractivity contribution < 1.29 is 0 Å². The number of rotatable bonds is 5. The molecule has 1 aliphatic heterocycles. The fourth-order valence-electron chi connectivity index (χ4n) is 2.61. The molecule has 0 amide bonds. The van der Waals surface area contributed by atoms with Crippen LogP contribution in [0, 0.1) is 5.92 Å². The highest BCUT2D eigenvalue weighted by Crippen LogP contribution is 2.28. The molecule has 1 aliphatic carbocycles. The zero-order valence-electron chi connectivity index (χ0n) is 11.1. The van der Waals surface area contributed by atoms with E-state index in [0.29, 0.717) is 0 Å². The number of hydrogen-bond donors (Lipinski definition) is 1. The van der Waals surface area contributed by atoms with Crippen molar-refractivity contribution in [2.45, 2.75) is 38.3 Å². The van der Waals surface area contributed by atoms with Gasteiger partial charge in [0.15, 0.2) is 0 Å². The molecule has 0 atom stereocenters. The van der Waals surface area contributed by atoms with E-state index in [1.165, 1.54) is 54.0 Å². The van der Waals surface area contributed by atoms with Gasteiger partial charge in [0.25, 0.3) is 0 Å². The van der Waals surface area contributed by atoms with Gasteiger partial charge in [0.05, 0.1) is 3.79 Å². The summed E-state index contributed by atoms with van der Waals surface area (Å²) in [5.74, 6) is 1.01. The van der Waals surface area contributed by atoms with Crippen LogP contribution >= 0.6 is 39.7 Å². The van der Waals surface area contributed by atoms with Gasteiger partial charge in [-0.05, 0) is 79.3 Å². The van der Waals surface area contributed by atoms with Gasteiger partial charge >= 0.3 is 0 Å². The molecule has 1 saturated heterocycles. The molecule has 3 rings (SSSR count). The average Bonchev–Trinajstić information content (AvgIpc) is 3.12. The first-order valence-electron chi connectivity index (χ1n) is 6.99. The summed E-state index contributed by atoms with van der Waals surface area (Å²) in [7, 11) is 0. The molecule has 0 spiro atoms. The van der Waals surface area contributed by atoms with Gasteiger partial charge in [-0.1, -0.05) is 0 Å². The van der Waals surface area contributed by atoms with Crippen LogP contribution in [0.5, 0.6) is 0 Å². The van der Waals surface area contributed by atoms with Gasteiger partial charge in [-0.25, -0.2) is 0 Å². The van der Waals surface area contributed by atoms with E-state index in [9.17, 15) is 0 Å². The maximum Gasteiger partial charge on any atom is 0.0701 e. The third-order valence-electron chi connectivity index (χ3n) is 3.99. The van der Waals surface area contributed by atoms with E-state index in [1.807, 2.05) is 11.3 Å². The molecular weight excluding hydrogens is 344 g/mol. The second-order valence-electron chi connectivity index (χ2n) is 5.61. The molecule has 0 aromatic carbocycles. The van der Waals surface area contributed by atoms with Gasteiger partial charge in [0, 0.05) is 17.5 Å². The smallest absolute Gasteiger partial charge is 0.0701 e. The SMILES string of the molecule is Brc1ccc(CN2CCC(NCC3CC3)CC2)s1.Cl. The third-order valence-corrected chi connectivity index (χ3v) is 5.60. The number of nitrogens with zero attached hydrogens (tertiary/aromatic N) is 1. The number of thiophene rings is 1. The number of hydrogen-bond acceptors (Lipinski definition) is 3. The van der Waals surface area contributed by atoms with Gasteiger partial charge in [0.2, 0.25) is 0 Å². The van der Waals surface area contributed by atoms with Crippen LogP contribution in [0.4, 0.5) is 0 Å². The molecule has 19 heavy (non-hydrogen) atoms. The van der Waals surface area contributed by atoms with Crippen molar-refractivity contribution >= 4 is 39.7 Å². The molecule has 2 fully saturated rings. The van der Waals surface area contributed by atoms with Crippen molar-refractivity contribution in [3.05, 3.63) is 20.8 Å². The molecule has 2 nitrogen and oxygen atoms in total. The summed E-state index contributed by atoms with van der Waals surface area (Å²) in [6.45, 7) is 4.89. The van der Waals surface area contributed by atoms with Crippen LogP contribution < -0.4 is 5.32 Å². The van der Waals surface area contributed by atoms with Crippen molar-refractivity contribution in [2.24, 2.45) is 5.92 Å². The summed E-state index contributed by atoms with van der Waals surface area (Å²) < 4.78 is 1.25. The Kier molecular flexibility index (Phi) is 6.15. The largest absolute Gasteiger partial charge is 0.314 e. The van der Waals surface area contributed by atoms with Gasteiger partial charge in [-0.15, -0.1) is 23.7 Å². The zero-order chi connectivity index (χ0) is 12.4. The zero-order valence-corrected chi connectivity index (χ0v) is 14.3. The molecule has 5 heteroatoms. The van der Waals surface area contributed by atoms with Gasteiger partial charge in [-0.3, -0.25) is 4.90 Å². The van der Waals surface area contributed by atoms with Crippen LogP contribution in [0.25, 0.3) is 0 Å². The third kappa shape index (κ3) is 5.01. The minimum absolute atomic E-state index is 0. The molecule has 2 heterocycles. The monoisotopic (exact) mass is 364 g/mol. The highest BCUT2D eigenvalue weighted by Gasteiger charge is 2.24. The van der Waals surface area contributed by atoms with Crippen molar-refractivity contribution in [3.63, 3.8) is 0 Å². The predicted octanol–water partition coefficient (Wildman–Crippen LogP) is 3.90. The molecule has 1 N–H and O–H groups in total. The molecule has 1 aromatic heterocycles. The lowest BCUT2D eigenvalue weighted by atomic mass is 10.0. The molecule has 108 valence electrons. The summed E-state index contributed by atoms with van der Waals surface area (Å²) >= 11 is 5.40. The molecule has 1 aromatic rings. The molecule has 0 unspecified atom stereocenters. The van der Waals surface area contributed by atoms with E-state index in [1.54, 1.807) is 0 Å². The maximum absolute atomic E-state index is 3.74. The van der Waals surface area contributed by atoms with Gasteiger partial charge in [-0.2, -0.15) is 0 Å². The van der Waals surface area contributed by atoms with E-state index < -0.39 is 0 Å². The van der Waals surface area contributed by atoms with Crippen molar-refractivity contribution in [1.82, 2.24) is 10.2 Å². The number of halogens is 2. The number of nitrogens with one attached hydrogen (secondary N) is 1. The summed E-state index contributed by atoms with van der Waals surface area (Å²) in [6.07, 6.45) is 5.55. The Morgan fingerprint density at radius 3 is 2.53 bits per heavy atom. The minimum Gasteiger partial charge on any atom is -0.314 e. The number of likely N-dealkylation sites (tertiary alicyclic amines) is 1. The Hall–Kier alpha value is 0.390. The first-order chi connectivity index (χ1) is 8.79. The standard InChI is InChI=1S/C14H21BrN2S.ClH/c15-14-4-3-13(18-14)10-17-7-5-12(6-8-17)16-9-11-1-2-11;/h3-4,11-12,16H,1-2,5-10H2;1H. The highest BCUT2D eigenvalue weighted by atomic mass is 79.9. The first-order valence-corrected chi connectivity index (χ1v) is 8.60. The average molecular weight is 366 g/mol. The summed E-state index contributed by atoms with van der Waals surface area (Å²) in [5, 5.41) is 3.74. The number of piperidine rings is 1. The molecule has 0 bridgehead atoms. The topological polar surface area (TPSA) is 15.3 Å². The summed E-state index contributed by atoms with van der Waals surface area (Å²) in [4.78, 5) is 4.07. The molecular formula is C14H22BrClN2S. The van der Waals surface area contributed by atoms with E-state index in [-0.39, 0.29) is 12.4 Å². The Labute approximate surface area is 134 Å². The first kappa shape index (κ1) is 15.8. The van der Waals surface area contributed by atoms with Crippen LogP contribution in [0.3, 0.4) is 0 Å². The molecule has 2 aliphatic rings. The summed E-state index contributed by atoms with van der Waals surface area (Å²) in [5.41, 5.74) is 0. The lowest BCUT2D eigenvalue weighted by molar-refractivity contribution is 0.191. The molecule has 1 saturated carbocycles. The Balaban J connectivity index is 0.00000133.